The number of thiophene rings is 1. The van der Waals surface area contributed by atoms with E-state index in [1.165, 1.54) is 40.5 Å². The van der Waals surface area contributed by atoms with Gasteiger partial charge in [-0.3, -0.25) is 19.8 Å². The molecule has 3 amide bonds. The van der Waals surface area contributed by atoms with Crippen molar-refractivity contribution in [2.75, 3.05) is 6.54 Å². The third-order valence-corrected chi connectivity index (χ3v) is 7.80. The first-order valence-corrected chi connectivity index (χ1v) is 13.3. The molecule has 11 heteroatoms. The fourth-order valence-electron chi connectivity index (χ4n) is 4.43. The molecule has 0 saturated carbocycles. The molecule has 1 aromatic heterocycles. The van der Waals surface area contributed by atoms with Crippen LogP contribution in [0.2, 0.25) is 0 Å². The molecule has 0 bridgehead atoms. The van der Waals surface area contributed by atoms with Crippen molar-refractivity contribution in [2.24, 2.45) is 5.73 Å². The second-order valence-corrected chi connectivity index (χ2v) is 10.5. The number of amidine groups is 1. The number of halogens is 1. The van der Waals surface area contributed by atoms with Crippen LogP contribution in [-0.2, 0) is 9.59 Å². The molecule has 1 saturated heterocycles. The average molecular weight is 552 g/mol. The van der Waals surface area contributed by atoms with E-state index in [1.54, 1.807) is 30.3 Å². The summed E-state index contributed by atoms with van der Waals surface area (Å²) in [5, 5.41) is 13.2. The van der Waals surface area contributed by atoms with Gasteiger partial charge in [0.05, 0.1) is 17.5 Å². The summed E-state index contributed by atoms with van der Waals surface area (Å²) in [5.74, 6) is -0.490. The fraction of sp³-hybridized carbons (Fsp3) is 0.286. The molecule has 5 N–H and O–H groups in total. The van der Waals surface area contributed by atoms with Crippen LogP contribution < -0.4 is 21.1 Å². The van der Waals surface area contributed by atoms with Gasteiger partial charge in [0, 0.05) is 16.5 Å². The first-order valence-electron chi connectivity index (χ1n) is 12.5. The largest absolute Gasteiger partial charge is 0.457 e. The number of carbonyl (C=O) groups excluding carboxylic acids is 3. The van der Waals surface area contributed by atoms with Gasteiger partial charge in [-0.2, -0.15) is 0 Å². The van der Waals surface area contributed by atoms with Gasteiger partial charge in [-0.05, 0) is 87.4 Å². The lowest BCUT2D eigenvalue weighted by atomic mass is 10.1. The molecule has 4 rings (SSSR count). The lowest BCUT2D eigenvalue weighted by molar-refractivity contribution is -0.139. The Labute approximate surface area is 229 Å². The van der Waals surface area contributed by atoms with Gasteiger partial charge in [-0.25, -0.2) is 4.39 Å². The van der Waals surface area contributed by atoms with Gasteiger partial charge < -0.3 is 26.0 Å². The van der Waals surface area contributed by atoms with Crippen molar-refractivity contribution in [2.45, 2.75) is 44.8 Å². The summed E-state index contributed by atoms with van der Waals surface area (Å²) in [4.78, 5) is 41.8. The molecule has 3 atom stereocenters. The highest BCUT2D eigenvalue weighted by Gasteiger charge is 2.39. The predicted molar refractivity (Wildman–Crippen MR) is 146 cm³/mol. The predicted octanol–water partition coefficient (Wildman–Crippen LogP) is 3.95. The maximum atomic E-state index is 13.1. The minimum atomic E-state index is -0.637. The van der Waals surface area contributed by atoms with Crippen LogP contribution in [0.4, 0.5) is 4.39 Å². The van der Waals surface area contributed by atoms with Crippen LogP contribution in [0, 0.1) is 11.2 Å². The van der Waals surface area contributed by atoms with Crippen molar-refractivity contribution in [3.63, 3.8) is 0 Å². The first-order chi connectivity index (χ1) is 18.6. The third kappa shape index (κ3) is 6.80. The highest BCUT2D eigenvalue weighted by molar-refractivity contribution is 7.14. The standard InChI is InChI=1S/C28H30FN5O4S/c1-16-3-12-22(28(37)33-17(2)23-13-14-24(39-23)26(30)31)34(16)25(35)15-32-27(36)18-4-8-20(9-5-18)38-21-10-6-19(29)7-11-21/h4-11,13-14,16-17,22H,3,12,15H2,1-2H3,(H3,30,31)(H,32,36)(H,33,37)/t16?,17-,22?/m1/s1. The summed E-state index contributed by atoms with van der Waals surface area (Å²) in [6, 6.07) is 14.4. The van der Waals surface area contributed by atoms with Crippen molar-refractivity contribution < 1.29 is 23.5 Å². The van der Waals surface area contributed by atoms with Crippen molar-refractivity contribution in [1.29, 1.82) is 5.41 Å². The summed E-state index contributed by atoms with van der Waals surface area (Å²) < 4.78 is 18.7. The number of hydrogen-bond donors (Lipinski definition) is 4. The molecule has 1 aliphatic heterocycles. The molecular formula is C28H30FN5O4S. The van der Waals surface area contributed by atoms with E-state index >= 15 is 0 Å². The average Bonchev–Trinajstić information content (AvgIpc) is 3.56. The number of rotatable bonds is 9. The summed E-state index contributed by atoms with van der Waals surface area (Å²) in [6.07, 6.45) is 1.20. The Kier molecular flexibility index (Phi) is 8.60. The molecule has 9 nitrogen and oxygen atoms in total. The second kappa shape index (κ2) is 12.1. The minimum Gasteiger partial charge on any atom is -0.457 e. The van der Waals surface area contributed by atoms with Gasteiger partial charge in [0.25, 0.3) is 5.91 Å². The van der Waals surface area contributed by atoms with Crippen LogP contribution >= 0.6 is 11.3 Å². The summed E-state index contributed by atoms with van der Waals surface area (Å²) in [5.41, 5.74) is 5.88. The lowest BCUT2D eigenvalue weighted by Gasteiger charge is -2.29. The number of nitrogen functional groups attached to an aromatic ring is 1. The SMILES string of the molecule is CC1CCC(C(=O)N[C@H](C)c2ccc(C(=N)N)s2)N1C(=O)CNC(=O)c1ccc(Oc2ccc(F)cc2)cc1. The molecular weight excluding hydrogens is 521 g/mol. The Morgan fingerprint density at radius 3 is 2.33 bits per heavy atom. The summed E-state index contributed by atoms with van der Waals surface area (Å²) in [7, 11) is 0. The molecule has 0 aliphatic carbocycles. The van der Waals surface area contributed by atoms with Crippen molar-refractivity contribution >= 4 is 34.9 Å². The molecule has 3 aromatic rings. The summed E-state index contributed by atoms with van der Waals surface area (Å²) in [6.45, 7) is 3.48. The molecule has 39 heavy (non-hydrogen) atoms. The zero-order chi connectivity index (χ0) is 28.1. The quantitative estimate of drug-likeness (QED) is 0.236. The number of nitrogens with zero attached hydrogens (tertiary/aromatic N) is 1. The molecule has 1 fully saturated rings. The smallest absolute Gasteiger partial charge is 0.251 e. The Hall–Kier alpha value is -4.25. The van der Waals surface area contributed by atoms with E-state index < -0.39 is 11.9 Å². The third-order valence-electron chi connectivity index (χ3n) is 6.50. The molecule has 1 aliphatic rings. The molecule has 2 unspecified atom stereocenters. The van der Waals surface area contributed by atoms with Crippen LogP contribution in [0.5, 0.6) is 11.5 Å². The van der Waals surface area contributed by atoms with E-state index in [0.29, 0.717) is 34.8 Å². The number of benzene rings is 2. The van der Waals surface area contributed by atoms with Crippen molar-refractivity contribution in [1.82, 2.24) is 15.5 Å². The van der Waals surface area contributed by atoms with E-state index in [9.17, 15) is 18.8 Å². The number of likely N-dealkylation sites (tertiary alicyclic amines) is 1. The van der Waals surface area contributed by atoms with Gasteiger partial charge in [-0.1, -0.05) is 0 Å². The topological polar surface area (TPSA) is 138 Å². The van der Waals surface area contributed by atoms with Gasteiger partial charge >= 0.3 is 0 Å². The van der Waals surface area contributed by atoms with Crippen molar-refractivity contribution in [3.05, 3.63) is 81.8 Å². The molecule has 2 heterocycles. The highest BCUT2D eigenvalue weighted by atomic mass is 32.1. The maximum absolute atomic E-state index is 13.1. The minimum absolute atomic E-state index is 0.0255. The normalized spacial score (nSPS) is 17.4. The van der Waals surface area contributed by atoms with E-state index in [0.717, 1.165) is 4.88 Å². The summed E-state index contributed by atoms with van der Waals surface area (Å²) >= 11 is 1.34. The Balaban J connectivity index is 1.31. The number of carbonyl (C=O) groups is 3. The fourth-order valence-corrected chi connectivity index (χ4v) is 5.31. The monoisotopic (exact) mass is 551 g/mol. The second-order valence-electron chi connectivity index (χ2n) is 9.35. The Morgan fingerprint density at radius 1 is 1.08 bits per heavy atom. The van der Waals surface area contributed by atoms with E-state index in [1.807, 2.05) is 19.9 Å². The number of ether oxygens (including phenoxy) is 1. The van der Waals surface area contributed by atoms with E-state index in [4.69, 9.17) is 15.9 Å². The molecule has 0 spiro atoms. The molecule has 0 radical (unpaired) electrons. The van der Waals surface area contributed by atoms with Gasteiger partial charge in [-0.15, -0.1) is 11.3 Å². The van der Waals surface area contributed by atoms with Crippen molar-refractivity contribution in [3.8, 4) is 11.5 Å². The first kappa shape index (κ1) is 27.8. The van der Waals surface area contributed by atoms with Gasteiger partial charge in [0.1, 0.15) is 29.2 Å². The van der Waals surface area contributed by atoms with Gasteiger partial charge in [0.2, 0.25) is 11.8 Å². The van der Waals surface area contributed by atoms with Crippen LogP contribution in [0.3, 0.4) is 0 Å². The number of nitrogens with two attached hydrogens (primary N) is 1. The Morgan fingerprint density at radius 2 is 1.72 bits per heavy atom. The zero-order valence-corrected chi connectivity index (χ0v) is 22.4. The van der Waals surface area contributed by atoms with Gasteiger partial charge in [0.15, 0.2) is 0 Å². The van der Waals surface area contributed by atoms with E-state index in [-0.39, 0.29) is 42.1 Å². The zero-order valence-electron chi connectivity index (χ0n) is 21.6. The van der Waals surface area contributed by atoms with Crippen LogP contribution in [0.15, 0.2) is 60.7 Å². The van der Waals surface area contributed by atoms with Crippen LogP contribution in [-0.4, -0.2) is 47.1 Å². The molecule has 204 valence electrons. The number of hydrogen-bond acceptors (Lipinski definition) is 6. The number of amides is 3. The van der Waals surface area contributed by atoms with E-state index in [2.05, 4.69) is 10.6 Å². The van der Waals surface area contributed by atoms with Crippen LogP contribution in [0.1, 0.15) is 52.8 Å². The Bertz CT molecular complexity index is 1360. The maximum Gasteiger partial charge on any atom is 0.251 e. The van der Waals surface area contributed by atoms with Crippen LogP contribution in [0.25, 0.3) is 0 Å². The number of nitrogens with one attached hydrogen (secondary N) is 3. The molecule has 2 aromatic carbocycles. The lowest BCUT2D eigenvalue weighted by Crippen LogP contribution is -2.51. The highest BCUT2D eigenvalue weighted by Crippen LogP contribution is 2.27.